The van der Waals surface area contributed by atoms with E-state index in [-0.39, 0.29) is 6.09 Å². The van der Waals surface area contributed by atoms with E-state index in [2.05, 4.69) is 28.9 Å². The van der Waals surface area contributed by atoms with E-state index in [1.54, 1.807) is 0 Å². The maximum Gasteiger partial charge on any atom is 0.410 e. The molecule has 2 fully saturated rings. The molecule has 2 aliphatic heterocycles. The van der Waals surface area contributed by atoms with Gasteiger partial charge in [0.1, 0.15) is 11.4 Å². The Hall–Kier alpha value is -1.82. The van der Waals surface area contributed by atoms with E-state index in [0.29, 0.717) is 19.1 Å². The fourth-order valence-corrected chi connectivity index (χ4v) is 4.09. The van der Waals surface area contributed by atoms with Gasteiger partial charge in [-0.05, 0) is 59.2 Å². The Morgan fingerprint density at radius 3 is 2.63 bits per heavy atom. The number of hydrogen-bond acceptors (Lipinski definition) is 5. The number of hydrogen-bond donors (Lipinski definition) is 0. The summed E-state index contributed by atoms with van der Waals surface area (Å²) < 4.78 is 5.51. The highest BCUT2D eigenvalue weighted by atomic mass is 16.6. The quantitative estimate of drug-likeness (QED) is 0.804. The first kappa shape index (κ1) is 19.9. The zero-order valence-corrected chi connectivity index (χ0v) is 17.3. The van der Waals surface area contributed by atoms with Gasteiger partial charge in [-0.2, -0.15) is 0 Å². The number of nitrogens with zero attached hydrogens (tertiary/aromatic N) is 4. The molecule has 0 aromatic carbocycles. The lowest BCUT2D eigenvalue weighted by molar-refractivity contribution is 0.0240. The molecule has 0 N–H and O–H groups in total. The molecule has 0 spiro atoms. The lowest BCUT2D eigenvalue weighted by Gasteiger charge is -2.37. The maximum absolute atomic E-state index is 12.3. The Bertz CT molecular complexity index is 635. The number of aromatic nitrogens is 1. The van der Waals surface area contributed by atoms with Crippen LogP contribution in [0.5, 0.6) is 0 Å². The topological polar surface area (TPSA) is 48.9 Å². The summed E-state index contributed by atoms with van der Waals surface area (Å²) in [4.78, 5) is 23.8. The molecule has 150 valence electrons. The number of carbonyl (C=O) groups is 1. The molecule has 27 heavy (non-hydrogen) atoms. The summed E-state index contributed by atoms with van der Waals surface area (Å²) in [6, 6.07) is 4.76. The van der Waals surface area contributed by atoms with E-state index >= 15 is 0 Å². The average molecular weight is 375 g/mol. The van der Waals surface area contributed by atoms with E-state index < -0.39 is 5.60 Å². The molecule has 3 heterocycles. The minimum absolute atomic E-state index is 0.215. The summed E-state index contributed by atoms with van der Waals surface area (Å²) >= 11 is 0. The van der Waals surface area contributed by atoms with Crippen molar-refractivity contribution in [3.05, 3.63) is 23.9 Å². The summed E-state index contributed by atoms with van der Waals surface area (Å²) in [6.07, 6.45) is 5.31. The fourth-order valence-electron chi connectivity index (χ4n) is 4.09. The molecule has 0 radical (unpaired) electrons. The number of likely N-dealkylation sites (tertiary alicyclic amines) is 1. The maximum atomic E-state index is 12.3. The Kier molecular flexibility index (Phi) is 6.25. The summed E-state index contributed by atoms with van der Waals surface area (Å²) in [5.41, 5.74) is 0.891. The molecule has 6 nitrogen and oxygen atoms in total. The Morgan fingerprint density at radius 1 is 1.22 bits per heavy atom. The molecule has 1 aromatic heterocycles. The van der Waals surface area contributed by atoms with E-state index in [1.807, 2.05) is 31.9 Å². The van der Waals surface area contributed by atoms with E-state index in [1.165, 1.54) is 31.4 Å². The SMILES string of the molecule is CCCN1CCC[C@@H]1c1cccnc1N1CCN(C(=O)OC(C)(C)C)CC1. The van der Waals surface area contributed by atoms with Gasteiger partial charge in [-0.1, -0.05) is 13.0 Å². The smallest absolute Gasteiger partial charge is 0.410 e. The zero-order valence-electron chi connectivity index (χ0n) is 17.3. The van der Waals surface area contributed by atoms with Crippen LogP contribution >= 0.6 is 0 Å². The number of anilines is 1. The number of rotatable bonds is 4. The number of piperazine rings is 1. The van der Waals surface area contributed by atoms with Crippen LogP contribution in [0.25, 0.3) is 0 Å². The van der Waals surface area contributed by atoms with Gasteiger partial charge in [-0.25, -0.2) is 9.78 Å². The lowest BCUT2D eigenvalue weighted by atomic mass is 10.0. The van der Waals surface area contributed by atoms with Crippen molar-refractivity contribution in [1.29, 1.82) is 0 Å². The number of carbonyl (C=O) groups excluding carboxylic acids is 1. The fraction of sp³-hybridized carbons (Fsp3) is 0.714. The normalized spacial score (nSPS) is 21.6. The van der Waals surface area contributed by atoms with E-state index in [4.69, 9.17) is 9.72 Å². The number of pyridine rings is 1. The van der Waals surface area contributed by atoms with Crippen molar-refractivity contribution in [1.82, 2.24) is 14.8 Å². The van der Waals surface area contributed by atoms with E-state index in [0.717, 1.165) is 25.5 Å². The van der Waals surface area contributed by atoms with Crippen LogP contribution in [0, 0.1) is 0 Å². The van der Waals surface area contributed by atoms with Crippen molar-refractivity contribution >= 4 is 11.9 Å². The van der Waals surface area contributed by atoms with Crippen LogP contribution in [-0.4, -0.2) is 65.7 Å². The van der Waals surface area contributed by atoms with Crippen LogP contribution in [-0.2, 0) is 4.74 Å². The second-order valence-electron chi connectivity index (χ2n) is 8.56. The van der Waals surface area contributed by atoms with Gasteiger partial charge in [0.05, 0.1) is 0 Å². The van der Waals surface area contributed by atoms with E-state index in [9.17, 15) is 4.79 Å². The molecule has 3 rings (SSSR count). The molecule has 2 aliphatic rings. The summed E-state index contributed by atoms with van der Waals surface area (Å²) in [7, 11) is 0. The van der Waals surface area contributed by atoms with Crippen molar-refractivity contribution in [2.24, 2.45) is 0 Å². The second-order valence-corrected chi connectivity index (χ2v) is 8.56. The highest BCUT2D eigenvalue weighted by Crippen LogP contribution is 2.36. The van der Waals surface area contributed by atoms with Crippen molar-refractivity contribution in [3.63, 3.8) is 0 Å². The predicted octanol–water partition coefficient (Wildman–Crippen LogP) is 3.69. The molecule has 0 aliphatic carbocycles. The second kappa shape index (κ2) is 8.46. The Balaban J connectivity index is 1.68. The van der Waals surface area contributed by atoms with Crippen LogP contribution < -0.4 is 4.90 Å². The predicted molar refractivity (Wildman–Crippen MR) is 108 cm³/mol. The molecule has 1 amide bonds. The van der Waals surface area contributed by atoms with Crippen molar-refractivity contribution < 1.29 is 9.53 Å². The molecule has 1 atom stereocenters. The number of amides is 1. The summed E-state index contributed by atoms with van der Waals surface area (Å²) in [5, 5.41) is 0. The van der Waals surface area contributed by atoms with Gasteiger partial charge in [0.25, 0.3) is 0 Å². The molecule has 0 bridgehead atoms. The van der Waals surface area contributed by atoms with Gasteiger partial charge in [0.2, 0.25) is 0 Å². The minimum Gasteiger partial charge on any atom is -0.444 e. The molecule has 2 saturated heterocycles. The monoisotopic (exact) mass is 374 g/mol. The molecule has 0 unspecified atom stereocenters. The first-order valence-corrected chi connectivity index (χ1v) is 10.3. The summed E-state index contributed by atoms with van der Waals surface area (Å²) in [5.74, 6) is 1.09. The van der Waals surface area contributed by atoms with Crippen molar-refractivity contribution in [3.8, 4) is 0 Å². The lowest BCUT2D eigenvalue weighted by Crippen LogP contribution is -2.50. The molecular formula is C21H34N4O2. The van der Waals surface area contributed by atoms with Crippen LogP contribution in [0.4, 0.5) is 10.6 Å². The molecular weight excluding hydrogens is 340 g/mol. The van der Waals surface area contributed by atoms with Gasteiger partial charge in [0.15, 0.2) is 0 Å². The first-order chi connectivity index (χ1) is 12.9. The third-order valence-electron chi connectivity index (χ3n) is 5.28. The van der Waals surface area contributed by atoms with Crippen LogP contribution in [0.15, 0.2) is 18.3 Å². The number of ether oxygens (including phenoxy) is 1. The summed E-state index contributed by atoms with van der Waals surface area (Å²) in [6.45, 7) is 13.2. The van der Waals surface area contributed by atoms with Crippen LogP contribution in [0.1, 0.15) is 58.6 Å². The van der Waals surface area contributed by atoms with Gasteiger partial charge in [-0.3, -0.25) is 4.90 Å². The first-order valence-electron chi connectivity index (χ1n) is 10.3. The molecule has 0 saturated carbocycles. The van der Waals surface area contributed by atoms with Crippen LogP contribution in [0.2, 0.25) is 0 Å². The Morgan fingerprint density at radius 2 is 1.96 bits per heavy atom. The van der Waals surface area contributed by atoms with Gasteiger partial charge < -0.3 is 14.5 Å². The minimum atomic E-state index is -0.451. The average Bonchev–Trinajstić information content (AvgIpc) is 3.09. The third-order valence-corrected chi connectivity index (χ3v) is 5.28. The van der Waals surface area contributed by atoms with Gasteiger partial charge >= 0.3 is 6.09 Å². The highest BCUT2D eigenvalue weighted by molar-refractivity contribution is 5.68. The standard InChI is InChI=1S/C21H34N4O2/c1-5-11-23-12-7-9-18(23)17-8-6-10-22-19(17)24-13-15-25(16-14-24)20(26)27-21(2,3)4/h6,8,10,18H,5,7,9,11-16H2,1-4H3/t18-/m1/s1. The van der Waals surface area contributed by atoms with Crippen molar-refractivity contribution in [2.75, 3.05) is 44.2 Å². The van der Waals surface area contributed by atoms with Gasteiger partial charge in [-0.15, -0.1) is 0 Å². The van der Waals surface area contributed by atoms with Crippen LogP contribution in [0.3, 0.4) is 0 Å². The van der Waals surface area contributed by atoms with Gasteiger partial charge in [0, 0.05) is 44.0 Å². The Labute approximate surface area is 163 Å². The highest BCUT2D eigenvalue weighted by Gasteiger charge is 2.31. The third kappa shape index (κ3) is 4.92. The molecule has 6 heteroatoms. The largest absolute Gasteiger partial charge is 0.444 e. The van der Waals surface area contributed by atoms with Crippen molar-refractivity contribution in [2.45, 2.75) is 58.6 Å². The molecule has 1 aromatic rings. The zero-order chi connectivity index (χ0) is 19.4.